The molecule has 0 unspecified atom stereocenters. The van der Waals surface area contributed by atoms with E-state index in [9.17, 15) is 0 Å². The van der Waals surface area contributed by atoms with Gasteiger partial charge in [0, 0.05) is 6.92 Å². The molecule has 11 heavy (non-hydrogen) atoms. The number of hydrogen-bond acceptors (Lipinski definition) is 2. The third kappa shape index (κ3) is 2.22. The standard InChI is InChI=1S/C9H13NO/c1-4-7(2)5-9-6-11-8(3)10-9/h5-6H,4H2,1-3H3/b7-5+. The molecule has 0 atom stereocenters. The van der Waals surface area contributed by atoms with Crippen LogP contribution < -0.4 is 0 Å². The van der Waals surface area contributed by atoms with Gasteiger partial charge in [-0.15, -0.1) is 0 Å². The molecule has 2 heteroatoms. The Hall–Kier alpha value is -1.05. The Morgan fingerprint density at radius 3 is 2.91 bits per heavy atom. The highest BCUT2D eigenvalue weighted by molar-refractivity contribution is 5.46. The van der Waals surface area contributed by atoms with E-state index in [1.807, 2.05) is 13.0 Å². The van der Waals surface area contributed by atoms with Gasteiger partial charge in [-0.2, -0.15) is 0 Å². The summed E-state index contributed by atoms with van der Waals surface area (Å²) in [5.74, 6) is 0.722. The van der Waals surface area contributed by atoms with Crippen molar-refractivity contribution in [3.8, 4) is 0 Å². The fourth-order valence-electron chi connectivity index (χ4n) is 0.801. The number of aromatic nitrogens is 1. The number of allylic oxidation sites excluding steroid dienone is 1. The molecule has 2 nitrogen and oxygen atoms in total. The molecule has 0 aliphatic heterocycles. The number of oxazole rings is 1. The van der Waals surface area contributed by atoms with Crippen LogP contribution in [0.1, 0.15) is 31.9 Å². The summed E-state index contributed by atoms with van der Waals surface area (Å²) in [6.45, 7) is 6.06. The summed E-state index contributed by atoms with van der Waals surface area (Å²) in [6, 6.07) is 0. The molecule has 0 bridgehead atoms. The third-order valence-corrected chi connectivity index (χ3v) is 1.59. The second-order valence-corrected chi connectivity index (χ2v) is 2.64. The van der Waals surface area contributed by atoms with Crippen LogP contribution in [-0.2, 0) is 0 Å². The molecule has 60 valence electrons. The molecule has 0 aliphatic rings. The first-order valence-electron chi connectivity index (χ1n) is 3.81. The summed E-state index contributed by atoms with van der Waals surface area (Å²) in [7, 11) is 0. The van der Waals surface area contributed by atoms with Gasteiger partial charge >= 0.3 is 0 Å². The van der Waals surface area contributed by atoms with Gasteiger partial charge in [-0.05, 0) is 19.4 Å². The zero-order chi connectivity index (χ0) is 8.27. The van der Waals surface area contributed by atoms with Crippen molar-refractivity contribution in [3.05, 3.63) is 23.4 Å². The molecule has 1 aromatic heterocycles. The highest BCUT2D eigenvalue weighted by Gasteiger charge is 1.94. The topological polar surface area (TPSA) is 26.0 Å². The molecule has 1 aromatic rings. The van der Waals surface area contributed by atoms with Gasteiger partial charge in [0.15, 0.2) is 5.89 Å². The van der Waals surface area contributed by atoms with Gasteiger partial charge in [-0.25, -0.2) is 4.98 Å². The monoisotopic (exact) mass is 151 g/mol. The van der Waals surface area contributed by atoms with E-state index in [1.54, 1.807) is 6.26 Å². The summed E-state index contributed by atoms with van der Waals surface area (Å²) in [5.41, 5.74) is 2.24. The summed E-state index contributed by atoms with van der Waals surface area (Å²) in [6.07, 6.45) is 4.77. The summed E-state index contributed by atoms with van der Waals surface area (Å²) >= 11 is 0. The Kier molecular flexibility index (Phi) is 2.47. The molecule has 0 aromatic carbocycles. The molecule has 0 radical (unpaired) electrons. The first kappa shape index (κ1) is 8.05. The number of rotatable bonds is 2. The van der Waals surface area contributed by atoms with Crippen molar-refractivity contribution >= 4 is 6.08 Å². The van der Waals surface area contributed by atoms with Crippen molar-refractivity contribution < 1.29 is 4.42 Å². The van der Waals surface area contributed by atoms with Crippen LogP contribution in [0.3, 0.4) is 0 Å². The van der Waals surface area contributed by atoms with Gasteiger partial charge in [0.05, 0.1) is 0 Å². The van der Waals surface area contributed by atoms with Crippen molar-refractivity contribution in [1.82, 2.24) is 4.98 Å². The minimum Gasteiger partial charge on any atom is -0.449 e. The summed E-state index contributed by atoms with van der Waals surface area (Å²) in [5, 5.41) is 0. The SMILES string of the molecule is CC/C(C)=C/c1coc(C)n1. The average molecular weight is 151 g/mol. The quantitative estimate of drug-likeness (QED) is 0.649. The van der Waals surface area contributed by atoms with E-state index in [2.05, 4.69) is 18.8 Å². The molecule has 0 fully saturated rings. The van der Waals surface area contributed by atoms with Crippen molar-refractivity contribution in [2.45, 2.75) is 27.2 Å². The van der Waals surface area contributed by atoms with Crippen LogP contribution in [0, 0.1) is 6.92 Å². The summed E-state index contributed by atoms with van der Waals surface area (Å²) in [4.78, 5) is 4.16. The fourth-order valence-corrected chi connectivity index (χ4v) is 0.801. The normalized spacial score (nSPS) is 12.1. The molecule has 1 heterocycles. The van der Waals surface area contributed by atoms with E-state index in [0.29, 0.717) is 0 Å². The van der Waals surface area contributed by atoms with Crippen molar-refractivity contribution in [2.75, 3.05) is 0 Å². The van der Waals surface area contributed by atoms with Gasteiger partial charge in [0.2, 0.25) is 0 Å². The molecular formula is C9H13NO. The van der Waals surface area contributed by atoms with Crippen molar-refractivity contribution in [2.24, 2.45) is 0 Å². The molecule has 1 rings (SSSR count). The van der Waals surface area contributed by atoms with E-state index >= 15 is 0 Å². The summed E-state index contributed by atoms with van der Waals surface area (Å²) < 4.78 is 5.05. The van der Waals surface area contributed by atoms with Crippen LogP contribution >= 0.6 is 0 Å². The van der Waals surface area contributed by atoms with Crippen LogP contribution in [0.2, 0.25) is 0 Å². The van der Waals surface area contributed by atoms with E-state index in [1.165, 1.54) is 5.57 Å². The Bertz CT molecular complexity index is 260. The zero-order valence-electron chi connectivity index (χ0n) is 7.22. The predicted molar refractivity (Wildman–Crippen MR) is 45.2 cm³/mol. The highest BCUT2D eigenvalue weighted by Crippen LogP contribution is 2.08. The lowest BCUT2D eigenvalue weighted by molar-refractivity contribution is 0.521. The van der Waals surface area contributed by atoms with E-state index < -0.39 is 0 Å². The molecule has 0 aliphatic carbocycles. The number of nitrogens with zero attached hydrogens (tertiary/aromatic N) is 1. The maximum Gasteiger partial charge on any atom is 0.191 e. The van der Waals surface area contributed by atoms with Gasteiger partial charge in [0.1, 0.15) is 12.0 Å². The Morgan fingerprint density at radius 2 is 2.45 bits per heavy atom. The molecule has 0 spiro atoms. The van der Waals surface area contributed by atoms with Gasteiger partial charge < -0.3 is 4.42 Å². The van der Waals surface area contributed by atoms with Gasteiger partial charge in [-0.1, -0.05) is 12.5 Å². The lowest BCUT2D eigenvalue weighted by Gasteiger charge is -1.89. The van der Waals surface area contributed by atoms with Crippen LogP contribution in [-0.4, -0.2) is 4.98 Å². The average Bonchev–Trinajstić information content (AvgIpc) is 2.35. The minimum atomic E-state index is 0.722. The smallest absolute Gasteiger partial charge is 0.191 e. The molecule has 0 amide bonds. The van der Waals surface area contributed by atoms with Crippen LogP contribution in [0.4, 0.5) is 0 Å². The lowest BCUT2D eigenvalue weighted by atomic mass is 10.2. The van der Waals surface area contributed by atoms with E-state index in [4.69, 9.17) is 4.42 Å². The second-order valence-electron chi connectivity index (χ2n) is 2.64. The lowest BCUT2D eigenvalue weighted by Crippen LogP contribution is -1.75. The predicted octanol–water partition coefficient (Wildman–Crippen LogP) is 2.80. The van der Waals surface area contributed by atoms with Crippen molar-refractivity contribution in [3.63, 3.8) is 0 Å². The van der Waals surface area contributed by atoms with E-state index in [0.717, 1.165) is 18.0 Å². The van der Waals surface area contributed by atoms with E-state index in [-0.39, 0.29) is 0 Å². The second kappa shape index (κ2) is 3.37. The maximum atomic E-state index is 5.05. The number of aryl methyl sites for hydroxylation is 1. The largest absolute Gasteiger partial charge is 0.449 e. The van der Waals surface area contributed by atoms with Crippen LogP contribution in [0.25, 0.3) is 6.08 Å². The van der Waals surface area contributed by atoms with Gasteiger partial charge in [0.25, 0.3) is 0 Å². The highest BCUT2D eigenvalue weighted by atomic mass is 16.3. The maximum absolute atomic E-state index is 5.05. The first-order valence-corrected chi connectivity index (χ1v) is 3.81. The Balaban J connectivity index is 2.78. The van der Waals surface area contributed by atoms with Gasteiger partial charge in [-0.3, -0.25) is 0 Å². The fraction of sp³-hybridized carbons (Fsp3) is 0.444. The van der Waals surface area contributed by atoms with Crippen LogP contribution in [0.5, 0.6) is 0 Å². The minimum absolute atomic E-state index is 0.722. The molecule has 0 saturated carbocycles. The molecule has 0 saturated heterocycles. The molecular weight excluding hydrogens is 138 g/mol. The zero-order valence-corrected chi connectivity index (χ0v) is 7.22. The Labute approximate surface area is 66.9 Å². The third-order valence-electron chi connectivity index (χ3n) is 1.59. The Morgan fingerprint density at radius 1 is 1.73 bits per heavy atom. The molecule has 0 N–H and O–H groups in total. The van der Waals surface area contributed by atoms with Crippen LogP contribution in [0.15, 0.2) is 16.3 Å². The number of hydrogen-bond donors (Lipinski definition) is 0. The van der Waals surface area contributed by atoms with Crippen molar-refractivity contribution in [1.29, 1.82) is 0 Å². The first-order chi connectivity index (χ1) is 5.22.